The van der Waals surface area contributed by atoms with Gasteiger partial charge in [-0.2, -0.15) is 0 Å². The Kier molecular flexibility index (Phi) is 5.78. The Morgan fingerprint density at radius 2 is 1.86 bits per heavy atom. The standard InChI is InChI=1S/C22H36O6/c1-5-6-7-8-9-10-18(23)24-19-15(3)16-12-11-14(2)17-13-21(4)26-20(25-19)22(16,17)28-27-21/h14-17,19-20H,5-13H2,1-4H3/t14-,15-,16?,17?,19?,20-,21?,22+/m1/s1. The van der Waals surface area contributed by atoms with Crippen LogP contribution in [0.2, 0.25) is 0 Å². The Hall–Kier alpha value is -0.690. The summed E-state index contributed by atoms with van der Waals surface area (Å²) >= 11 is 0. The van der Waals surface area contributed by atoms with E-state index in [1.165, 1.54) is 19.3 Å². The maximum absolute atomic E-state index is 12.4. The molecule has 6 nitrogen and oxygen atoms in total. The van der Waals surface area contributed by atoms with Crippen LogP contribution in [0.3, 0.4) is 0 Å². The fraction of sp³-hybridized carbons (Fsp3) is 0.955. The second-order valence-corrected chi connectivity index (χ2v) is 9.59. The summed E-state index contributed by atoms with van der Waals surface area (Å²) in [5, 5.41) is 0. The van der Waals surface area contributed by atoms with Crippen molar-refractivity contribution < 1.29 is 28.8 Å². The van der Waals surface area contributed by atoms with Crippen LogP contribution in [-0.4, -0.2) is 29.9 Å². The summed E-state index contributed by atoms with van der Waals surface area (Å²) in [6, 6.07) is 0. The van der Waals surface area contributed by atoms with E-state index in [1.807, 2.05) is 6.92 Å². The zero-order valence-electron chi connectivity index (χ0n) is 17.8. The van der Waals surface area contributed by atoms with Gasteiger partial charge in [0.05, 0.1) is 0 Å². The van der Waals surface area contributed by atoms with Crippen molar-refractivity contribution in [1.29, 1.82) is 0 Å². The number of hydrogen-bond donors (Lipinski definition) is 0. The Morgan fingerprint density at radius 3 is 2.64 bits per heavy atom. The quantitative estimate of drug-likeness (QED) is 0.353. The highest BCUT2D eigenvalue weighted by Gasteiger charge is 2.72. The minimum Gasteiger partial charge on any atom is -0.435 e. The molecule has 4 aliphatic heterocycles. The average Bonchev–Trinajstić information content (AvgIpc) is 2.66. The van der Waals surface area contributed by atoms with Crippen molar-refractivity contribution in [1.82, 2.24) is 0 Å². The van der Waals surface area contributed by atoms with Crippen molar-refractivity contribution in [3.63, 3.8) is 0 Å². The molecule has 28 heavy (non-hydrogen) atoms. The lowest BCUT2D eigenvalue weighted by Crippen LogP contribution is -2.76. The van der Waals surface area contributed by atoms with Crippen molar-refractivity contribution in [2.24, 2.45) is 23.7 Å². The summed E-state index contributed by atoms with van der Waals surface area (Å²) in [6.45, 7) is 8.49. The maximum Gasteiger partial charge on any atom is 0.308 e. The second-order valence-electron chi connectivity index (χ2n) is 9.59. The van der Waals surface area contributed by atoms with Gasteiger partial charge in [0.1, 0.15) is 0 Å². The summed E-state index contributed by atoms with van der Waals surface area (Å²) < 4.78 is 18.2. The summed E-state index contributed by atoms with van der Waals surface area (Å²) in [5.41, 5.74) is -0.585. The molecule has 8 atom stereocenters. The topological polar surface area (TPSA) is 63.2 Å². The Bertz CT molecular complexity index is 581. The molecule has 2 bridgehead atoms. The normalized spacial score (nSPS) is 46.9. The maximum atomic E-state index is 12.4. The van der Waals surface area contributed by atoms with Gasteiger partial charge >= 0.3 is 5.97 Å². The van der Waals surface area contributed by atoms with Gasteiger partial charge in [-0.1, -0.05) is 46.5 Å². The van der Waals surface area contributed by atoms with E-state index in [1.54, 1.807) is 0 Å². The zero-order chi connectivity index (χ0) is 19.9. The number of unbranched alkanes of at least 4 members (excludes halogenated alkanes) is 4. The number of hydrogen-bond acceptors (Lipinski definition) is 6. The Labute approximate surface area is 168 Å². The van der Waals surface area contributed by atoms with Crippen LogP contribution in [-0.2, 0) is 28.8 Å². The number of ether oxygens (including phenoxy) is 3. The van der Waals surface area contributed by atoms with Crippen LogP contribution in [0.5, 0.6) is 0 Å². The molecule has 0 N–H and O–H groups in total. The molecule has 5 aliphatic rings. The molecule has 5 rings (SSSR count). The molecule has 0 aromatic carbocycles. The van der Waals surface area contributed by atoms with Crippen LogP contribution in [0, 0.1) is 23.7 Å². The van der Waals surface area contributed by atoms with Gasteiger partial charge in [-0.15, -0.1) is 0 Å². The lowest BCUT2D eigenvalue weighted by atomic mass is 9.56. The number of esters is 1. The molecule has 0 radical (unpaired) electrons. The fourth-order valence-corrected chi connectivity index (χ4v) is 5.88. The third-order valence-corrected chi connectivity index (χ3v) is 7.51. The van der Waals surface area contributed by atoms with E-state index in [-0.39, 0.29) is 17.8 Å². The zero-order valence-corrected chi connectivity index (χ0v) is 17.8. The van der Waals surface area contributed by atoms with Crippen LogP contribution >= 0.6 is 0 Å². The number of rotatable bonds is 7. The van der Waals surface area contributed by atoms with Crippen LogP contribution in [0.25, 0.3) is 0 Å². The molecule has 1 spiro atoms. The largest absolute Gasteiger partial charge is 0.435 e. The number of carbonyl (C=O) groups excluding carboxylic acids is 1. The van der Waals surface area contributed by atoms with Gasteiger partial charge in [0.2, 0.25) is 12.1 Å². The Balaban J connectivity index is 1.42. The van der Waals surface area contributed by atoms with Crippen LogP contribution in [0.4, 0.5) is 0 Å². The first-order chi connectivity index (χ1) is 13.4. The van der Waals surface area contributed by atoms with Gasteiger partial charge in [-0.05, 0) is 32.1 Å². The molecular formula is C22H36O6. The summed E-state index contributed by atoms with van der Waals surface area (Å²) in [4.78, 5) is 24.1. The molecule has 0 aromatic rings. The number of fused-ring (bicyclic) bond motifs is 1. The Morgan fingerprint density at radius 1 is 1.07 bits per heavy atom. The summed E-state index contributed by atoms with van der Waals surface area (Å²) in [7, 11) is 0. The summed E-state index contributed by atoms with van der Waals surface area (Å²) in [5.74, 6) is 0.144. The highest BCUT2D eigenvalue weighted by molar-refractivity contribution is 5.69. The highest BCUT2D eigenvalue weighted by atomic mass is 17.3. The fourth-order valence-electron chi connectivity index (χ4n) is 5.88. The van der Waals surface area contributed by atoms with E-state index in [4.69, 9.17) is 24.0 Å². The SMILES string of the molecule is CCCCCCCC(=O)OC1O[C@@H]2OC3(C)CC4[C@H](C)CCC([C@H]1C)[C@]42OO3. The van der Waals surface area contributed by atoms with E-state index in [0.717, 1.165) is 32.1 Å². The van der Waals surface area contributed by atoms with Crippen molar-refractivity contribution in [3.8, 4) is 0 Å². The van der Waals surface area contributed by atoms with Crippen molar-refractivity contribution >= 4 is 5.97 Å². The van der Waals surface area contributed by atoms with E-state index in [2.05, 4.69) is 20.8 Å². The lowest BCUT2D eigenvalue weighted by molar-refractivity contribution is -0.614. The van der Waals surface area contributed by atoms with Crippen LogP contribution in [0.15, 0.2) is 0 Å². The van der Waals surface area contributed by atoms with Gasteiger partial charge in [-0.25, -0.2) is 9.78 Å². The molecule has 1 saturated carbocycles. The first-order valence-corrected chi connectivity index (χ1v) is 11.3. The first-order valence-electron chi connectivity index (χ1n) is 11.3. The molecule has 4 unspecified atom stereocenters. The first kappa shape index (κ1) is 20.6. The van der Waals surface area contributed by atoms with E-state index in [0.29, 0.717) is 18.3 Å². The molecule has 0 amide bonds. The molecule has 4 saturated heterocycles. The number of carbonyl (C=O) groups is 1. The molecular weight excluding hydrogens is 360 g/mol. The molecule has 5 fully saturated rings. The molecule has 4 heterocycles. The van der Waals surface area contributed by atoms with Crippen molar-refractivity contribution in [3.05, 3.63) is 0 Å². The van der Waals surface area contributed by atoms with E-state index < -0.39 is 24.0 Å². The minimum absolute atomic E-state index is 0.0462. The smallest absolute Gasteiger partial charge is 0.308 e. The monoisotopic (exact) mass is 396 g/mol. The predicted octanol–water partition coefficient (Wildman–Crippen LogP) is 4.71. The van der Waals surface area contributed by atoms with Gasteiger partial charge in [0, 0.05) is 30.6 Å². The third kappa shape index (κ3) is 3.40. The van der Waals surface area contributed by atoms with Gasteiger partial charge < -0.3 is 14.2 Å². The average molecular weight is 397 g/mol. The lowest BCUT2D eigenvalue weighted by Gasteiger charge is -2.66. The minimum atomic E-state index is -0.790. The van der Waals surface area contributed by atoms with E-state index in [9.17, 15) is 4.79 Å². The molecule has 0 aromatic heterocycles. The van der Waals surface area contributed by atoms with Crippen molar-refractivity contribution in [2.45, 2.75) is 109 Å². The predicted molar refractivity (Wildman–Crippen MR) is 102 cm³/mol. The van der Waals surface area contributed by atoms with E-state index >= 15 is 0 Å². The molecule has 1 aliphatic carbocycles. The third-order valence-electron chi connectivity index (χ3n) is 7.51. The molecule has 6 heteroatoms. The summed E-state index contributed by atoms with van der Waals surface area (Å²) in [6.07, 6.45) is 7.85. The highest BCUT2D eigenvalue weighted by Crippen LogP contribution is 2.62. The van der Waals surface area contributed by atoms with Gasteiger partial charge in [0.15, 0.2) is 11.9 Å². The van der Waals surface area contributed by atoms with Gasteiger partial charge in [-0.3, -0.25) is 4.79 Å². The van der Waals surface area contributed by atoms with Crippen LogP contribution < -0.4 is 0 Å². The van der Waals surface area contributed by atoms with Gasteiger partial charge in [0.25, 0.3) is 0 Å². The van der Waals surface area contributed by atoms with Crippen LogP contribution in [0.1, 0.15) is 85.5 Å². The second kappa shape index (κ2) is 7.86. The molecule has 160 valence electrons. The van der Waals surface area contributed by atoms with Crippen molar-refractivity contribution in [2.75, 3.05) is 0 Å².